The Morgan fingerprint density at radius 1 is 0.326 bits per heavy atom. The molecule has 4 aromatic heterocycles. The van der Waals surface area contributed by atoms with Crippen LogP contribution < -0.4 is 44.7 Å². The van der Waals surface area contributed by atoms with Gasteiger partial charge in [0, 0.05) is 83.1 Å². The molecule has 63 heteroatoms. The van der Waals surface area contributed by atoms with Gasteiger partial charge < -0.3 is 75.8 Å². The van der Waals surface area contributed by atoms with E-state index in [1.807, 2.05) is 13.8 Å². The van der Waals surface area contributed by atoms with E-state index in [0.29, 0.717) is 36.7 Å². The maximum atomic E-state index is 12.8. The van der Waals surface area contributed by atoms with Gasteiger partial charge in [0.05, 0.1) is 12.8 Å². The zero-order chi connectivity index (χ0) is 106. The zero-order valence-electron chi connectivity index (χ0n) is 75.0. The second-order valence-corrected chi connectivity index (χ2v) is 29.8. The highest BCUT2D eigenvalue weighted by atomic mass is 19.4. The van der Waals surface area contributed by atoms with Crippen LogP contribution in [0.4, 0.5) is 89.1 Å². The number of nitrogens with zero attached hydrogens (tertiary/aromatic N) is 8. The normalized spacial score (nSPS) is 21.9. The number of nitrogens with one attached hydrogen (secondary N) is 4. The van der Waals surface area contributed by atoms with Crippen molar-refractivity contribution in [3.63, 3.8) is 0 Å². The van der Waals surface area contributed by atoms with Crippen LogP contribution in [0.5, 0.6) is 0 Å². The third kappa shape index (κ3) is 38.5. The number of aromatic nitrogens is 8. The number of ether oxygens (including phenoxy) is 16. The van der Waals surface area contributed by atoms with Crippen LogP contribution in [0.1, 0.15) is 189 Å². The number of anilines is 4. The Morgan fingerprint density at radius 2 is 0.596 bits per heavy atom. The van der Waals surface area contributed by atoms with E-state index >= 15 is 0 Å². The number of carbonyl (C=O) groups is 12. The van der Waals surface area contributed by atoms with Gasteiger partial charge in [-0.05, 0) is 56.4 Å². The molecule has 0 radical (unpaired) electrons. The SMILES string of the molecule is CC(=O)OC[C@H]1O[C@@H](n2ccc(NO)nc2=O)[C@H](OC(=O)C(F)(F)F)[C@@H]1OC(=O)C(F)(F)F.CCC(=O)OC[C@H]1O[C@@H](n2ccc(NO)nc2=O)[C@H](OC(=O)CC(F)(F)F)[C@@H]1OC(=O)CC.CCCC(=O)OC[C@H]1O[C@@H](n2ccc(NO)nc2=O)[C@H](OC(=O)CCC(F)(F)F)[C@@H]1OC(=O)CCC.CCCCC(=O)OC[C@H]1O[C@@H](n2ccc(NO)nc2=O)[C@H](OC(=O)CCCC(F)(F)F)[C@@H]1OC(=O)CCCC. The molecule has 141 heavy (non-hydrogen) atoms. The average molecular weight is 2060 g/mol. The molecule has 0 bridgehead atoms. The summed E-state index contributed by atoms with van der Waals surface area (Å²) in [5.74, 6) is -15.9. The lowest BCUT2D eigenvalue weighted by Crippen LogP contribution is -2.46. The maximum Gasteiger partial charge on any atom is 0.490 e. The van der Waals surface area contributed by atoms with Crippen LogP contribution >= 0.6 is 0 Å². The van der Waals surface area contributed by atoms with Gasteiger partial charge in [-0.3, -0.25) is 109 Å². The summed E-state index contributed by atoms with van der Waals surface area (Å²) in [5.41, 5.74) is 2.21. The lowest BCUT2D eigenvalue weighted by molar-refractivity contribution is -0.221. The first-order chi connectivity index (χ1) is 66.1. The fourth-order valence-electron chi connectivity index (χ4n) is 12.5. The lowest BCUT2D eigenvalue weighted by atomic mass is 10.1. The molecule has 4 aliphatic rings. The Bertz CT molecular complexity index is 5100. The molecule has 4 saturated heterocycles. The van der Waals surface area contributed by atoms with Crippen molar-refractivity contribution in [3.05, 3.63) is 91.0 Å². The van der Waals surface area contributed by atoms with Crippen LogP contribution in [-0.2, 0) is 133 Å². The molecule has 0 amide bonds. The van der Waals surface area contributed by atoms with Crippen LogP contribution in [-0.4, -0.2) is 261 Å². The largest absolute Gasteiger partial charge is 0.490 e. The molecule has 790 valence electrons. The summed E-state index contributed by atoms with van der Waals surface area (Å²) < 4.78 is 275. The van der Waals surface area contributed by atoms with Crippen LogP contribution in [0, 0.1) is 0 Å². The van der Waals surface area contributed by atoms with Crippen molar-refractivity contribution in [2.75, 3.05) is 48.3 Å². The standard InChI is InChI=1S/C24H34F3N3O9.C21H28F3N3O9.C18H22F3N3O9.C15H13F6N3O9/c1-3-5-8-17(31)36-14-15-20(38-18(32)9-6-4-2)21(39-19(33)10-7-12-24(25,26)27)22(37-15)30-13-11-16(29-35)28-23(30)34;1-3-5-14(28)33-11-12-17(35-15(29)6-4-2)18(36-16(30)7-9-21(22,23)24)19(34-12)27-10-8-13(26-32)25-20(27)31;1-3-11(25)30-8-9-14(32-12(26)4-2)15(33-13(27)7-18(19,20)21)16(31-9)24-6-5-10(23-29)22-17(24)28;1-5(25)30-4-6-8(32-11(26)14(16,17)18)9(33-12(27)15(19,20)21)10(31-6)24-3-2-7(23-29)22-13(24)28/h11,13,15,20-22,35H,3-10,12,14H2,1-2H3,(H,28,29,34);8,10,12,17-19,32H,3-7,9,11H2,1-2H3,(H,25,26,31);5-6,9,14-16,29H,3-4,7-8H2,1-2H3,(H,22,23,28);2-3,6,8-10,29H,4H2,1H3,(H,22,23,28)/t15-,20-,21-,22-;12-,17-,18-,19-;9-,14-,15-,16-;6-,8-,9-,10-/m1111/s1. The van der Waals surface area contributed by atoms with Gasteiger partial charge in [-0.25, -0.2) is 28.8 Å². The van der Waals surface area contributed by atoms with Crippen LogP contribution in [0.15, 0.2) is 68.2 Å². The minimum atomic E-state index is -5.63. The molecule has 8 rings (SSSR count). The second-order valence-electron chi connectivity index (χ2n) is 29.8. The molecule has 0 saturated carbocycles. The Hall–Kier alpha value is -13.0. The number of unbranched alkanes of at least 4 members (excludes halogenated alkanes) is 2. The van der Waals surface area contributed by atoms with Crippen molar-refractivity contribution in [1.82, 2.24) is 38.2 Å². The van der Waals surface area contributed by atoms with Crippen molar-refractivity contribution in [1.29, 1.82) is 0 Å². The van der Waals surface area contributed by atoms with Gasteiger partial charge in [0.2, 0.25) is 0 Å². The van der Waals surface area contributed by atoms with Crippen molar-refractivity contribution in [3.8, 4) is 0 Å². The van der Waals surface area contributed by atoms with E-state index < -0.39 is 294 Å². The molecule has 8 N–H and O–H groups in total. The first-order valence-corrected chi connectivity index (χ1v) is 42.2. The van der Waals surface area contributed by atoms with Crippen LogP contribution in [0.2, 0.25) is 0 Å². The number of hydrogen-bond donors (Lipinski definition) is 8. The summed E-state index contributed by atoms with van der Waals surface area (Å²) >= 11 is 0. The summed E-state index contributed by atoms with van der Waals surface area (Å²) in [6.45, 7) is 8.71. The van der Waals surface area contributed by atoms with Crippen molar-refractivity contribution >= 4 is 94.9 Å². The molecule has 4 aliphatic heterocycles. The minimum Gasteiger partial charge on any atom is -0.463 e. The molecular formula is C78H97F15N12O36. The first-order valence-electron chi connectivity index (χ1n) is 42.2. The molecule has 0 aromatic carbocycles. The Labute approximate surface area is 783 Å². The molecule has 0 aliphatic carbocycles. The van der Waals surface area contributed by atoms with Crippen LogP contribution in [0.3, 0.4) is 0 Å². The predicted octanol–water partition coefficient (Wildman–Crippen LogP) is 7.21. The van der Waals surface area contributed by atoms with Crippen molar-refractivity contribution < 1.29 is 220 Å². The van der Waals surface area contributed by atoms with Gasteiger partial charge in [-0.1, -0.05) is 54.4 Å². The summed E-state index contributed by atoms with van der Waals surface area (Å²) in [6.07, 6.45) is -50.6. The topological polar surface area (TPSA) is 621 Å². The lowest BCUT2D eigenvalue weighted by Gasteiger charge is -2.25. The Balaban J connectivity index is 0.000000332. The smallest absolute Gasteiger partial charge is 0.463 e. The van der Waals surface area contributed by atoms with Gasteiger partial charge in [0.1, 0.15) is 57.3 Å². The maximum absolute atomic E-state index is 12.8. The van der Waals surface area contributed by atoms with E-state index in [0.717, 1.165) is 64.0 Å². The third-order valence-corrected chi connectivity index (χ3v) is 19.0. The van der Waals surface area contributed by atoms with Gasteiger partial charge >= 0.3 is 125 Å². The van der Waals surface area contributed by atoms with Gasteiger partial charge in [-0.2, -0.15) is 85.8 Å². The zero-order valence-corrected chi connectivity index (χ0v) is 75.0. The van der Waals surface area contributed by atoms with Crippen molar-refractivity contribution in [2.24, 2.45) is 0 Å². The highest BCUT2D eigenvalue weighted by molar-refractivity contribution is 5.78. The first kappa shape index (κ1) is 118. The molecule has 0 unspecified atom stereocenters. The fraction of sp³-hybridized carbons (Fsp3) is 0.641. The quantitative estimate of drug-likeness (QED) is 0.00940. The van der Waals surface area contributed by atoms with Gasteiger partial charge in [-0.15, -0.1) is 0 Å². The highest BCUT2D eigenvalue weighted by Gasteiger charge is 2.59. The minimum absolute atomic E-state index is 0.00143. The summed E-state index contributed by atoms with van der Waals surface area (Å²) in [7, 11) is 0. The number of esters is 12. The van der Waals surface area contributed by atoms with Gasteiger partial charge in [0.15, 0.2) is 97.0 Å². The monoisotopic (exact) mass is 2060 g/mol. The van der Waals surface area contributed by atoms with E-state index in [1.54, 1.807) is 30.3 Å². The van der Waals surface area contributed by atoms with Crippen molar-refractivity contribution in [2.45, 2.75) is 293 Å². The Kier molecular flexibility index (Phi) is 46.4. The summed E-state index contributed by atoms with van der Waals surface area (Å²) in [6, 6.07) is 4.38. The average Bonchev–Trinajstić information content (AvgIpc) is 1.64. The molecule has 8 heterocycles. The molecule has 4 fully saturated rings. The van der Waals surface area contributed by atoms with E-state index in [2.05, 4.69) is 34.1 Å². The van der Waals surface area contributed by atoms with Gasteiger partial charge in [0.25, 0.3) is 0 Å². The Morgan fingerprint density at radius 3 is 0.901 bits per heavy atom. The molecule has 4 aromatic rings. The second kappa shape index (κ2) is 55.3. The van der Waals surface area contributed by atoms with E-state index in [1.165, 1.54) is 31.5 Å². The number of halogens is 15. The van der Waals surface area contributed by atoms with E-state index in [-0.39, 0.29) is 56.0 Å². The molecular weight excluding hydrogens is 1970 g/mol. The molecule has 16 atom stereocenters. The highest BCUT2D eigenvalue weighted by Crippen LogP contribution is 2.41. The number of carbonyl (C=O) groups excluding carboxylic acids is 12. The predicted molar refractivity (Wildman–Crippen MR) is 427 cm³/mol. The number of alkyl halides is 15. The summed E-state index contributed by atoms with van der Waals surface area (Å²) in [5, 5.41) is 35.6. The molecule has 48 nitrogen and oxygen atoms in total. The molecule has 0 spiro atoms. The number of hydrogen-bond acceptors (Lipinski definition) is 44. The van der Waals surface area contributed by atoms with Crippen LogP contribution in [0.25, 0.3) is 0 Å². The van der Waals surface area contributed by atoms with E-state index in [4.69, 9.17) is 82.4 Å². The fourth-order valence-corrected chi connectivity index (χ4v) is 12.5. The summed E-state index contributed by atoms with van der Waals surface area (Å²) in [4.78, 5) is 206. The van der Waals surface area contributed by atoms with E-state index in [9.17, 15) is 143 Å². The third-order valence-electron chi connectivity index (χ3n) is 19.0. The number of rotatable bonds is 42.